The summed E-state index contributed by atoms with van der Waals surface area (Å²) in [6.45, 7) is 1.61. The number of benzene rings is 3. The molecule has 0 atom stereocenters. The molecular formula is C25H25N5O3. The monoisotopic (exact) mass is 443 g/mol. The molecule has 0 saturated heterocycles. The molecule has 1 aromatic heterocycles. The van der Waals surface area contributed by atoms with Crippen molar-refractivity contribution in [2.45, 2.75) is 0 Å². The number of nitrogens with zero attached hydrogens (tertiary/aromatic N) is 4. The molecule has 8 nitrogen and oxygen atoms in total. The molecule has 168 valence electrons. The number of hydrogen-bond donors (Lipinski definition) is 1. The van der Waals surface area contributed by atoms with Crippen LogP contribution in [0.2, 0.25) is 0 Å². The van der Waals surface area contributed by atoms with E-state index in [1.807, 2.05) is 32.3 Å². The fourth-order valence-corrected chi connectivity index (χ4v) is 4.53. The van der Waals surface area contributed by atoms with E-state index in [1.165, 1.54) is 9.47 Å². The number of imide groups is 1. The van der Waals surface area contributed by atoms with E-state index < -0.39 is 0 Å². The molecule has 1 aliphatic heterocycles. The molecule has 2 heterocycles. The summed E-state index contributed by atoms with van der Waals surface area (Å²) in [5, 5.41) is 4.94. The third-order valence-electron chi connectivity index (χ3n) is 6.30. The number of aromatic nitrogens is 2. The van der Waals surface area contributed by atoms with E-state index in [4.69, 9.17) is 0 Å². The van der Waals surface area contributed by atoms with Gasteiger partial charge in [-0.25, -0.2) is 9.69 Å². The molecule has 1 N–H and O–H groups in total. The van der Waals surface area contributed by atoms with Crippen LogP contribution in [0.3, 0.4) is 0 Å². The number of likely N-dealkylation sites (N-methyl/N-ethyl adjacent to an activating group) is 1. The van der Waals surface area contributed by atoms with Gasteiger partial charge in [0, 0.05) is 54.8 Å². The summed E-state index contributed by atoms with van der Waals surface area (Å²) in [7, 11) is 7.39. The molecule has 5 rings (SSSR count). The lowest BCUT2D eigenvalue weighted by atomic mass is 9.92. The van der Waals surface area contributed by atoms with Crippen LogP contribution in [0.4, 0.5) is 11.4 Å². The second-order valence-corrected chi connectivity index (χ2v) is 8.64. The van der Waals surface area contributed by atoms with Crippen molar-refractivity contribution in [1.29, 1.82) is 0 Å². The number of nitrogens with one attached hydrogen (secondary N) is 1. The molecule has 8 heteroatoms. The Hall–Kier alpha value is -3.91. The van der Waals surface area contributed by atoms with E-state index >= 15 is 0 Å². The number of hydrogen-bond acceptors (Lipinski definition) is 5. The van der Waals surface area contributed by atoms with E-state index in [0.29, 0.717) is 27.7 Å². The van der Waals surface area contributed by atoms with Crippen LogP contribution in [0.1, 0.15) is 20.7 Å². The Kier molecular flexibility index (Phi) is 4.83. The zero-order valence-electron chi connectivity index (χ0n) is 19.0. The van der Waals surface area contributed by atoms with Crippen LogP contribution >= 0.6 is 0 Å². The van der Waals surface area contributed by atoms with Crippen molar-refractivity contribution in [2.24, 2.45) is 14.1 Å². The SMILES string of the molecule is CN(C)CCNc1ccc2c3c(cccc13)C(=O)N(c1ccc3c(c1)n(C)c(=O)n3C)C2=O. The van der Waals surface area contributed by atoms with Crippen molar-refractivity contribution in [3.05, 3.63) is 70.1 Å². The van der Waals surface area contributed by atoms with Crippen LogP contribution in [0.15, 0.2) is 53.3 Å². The largest absolute Gasteiger partial charge is 0.383 e. The van der Waals surface area contributed by atoms with Crippen LogP contribution in [0.25, 0.3) is 21.8 Å². The van der Waals surface area contributed by atoms with Gasteiger partial charge in [0.1, 0.15) is 0 Å². The van der Waals surface area contributed by atoms with Crippen LogP contribution in [0.5, 0.6) is 0 Å². The molecule has 0 bridgehead atoms. The lowest BCUT2D eigenvalue weighted by Crippen LogP contribution is -2.40. The van der Waals surface area contributed by atoms with Gasteiger partial charge in [-0.15, -0.1) is 0 Å². The summed E-state index contributed by atoms with van der Waals surface area (Å²) in [6, 6.07) is 14.4. The molecule has 0 spiro atoms. The third kappa shape index (κ3) is 3.14. The van der Waals surface area contributed by atoms with Gasteiger partial charge in [-0.1, -0.05) is 12.1 Å². The highest BCUT2D eigenvalue weighted by Gasteiger charge is 2.34. The minimum atomic E-state index is -0.371. The number of amides is 2. The Morgan fingerprint density at radius 1 is 0.848 bits per heavy atom. The number of aryl methyl sites for hydroxylation is 2. The lowest BCUT2D eigenvalue weighted by molar-refractivity contribution is 0.0893. The number of carbonyl (C=O) groups is 2. The highest BCUT2D eigenvalue weighted by molar-refractivity contribution is 6.36. The predicted molar refractivity (Wildman–Crippen MR) is 130 cm³/mol. The minimum absolute atomic E-state index is 0.164. The molecule has 1 aliphatic rings. The number of anilines is 2. The van der Waals surface area contributed by atoms with Gasteiger partial charge in [0.05, 0.1) is 16.7 Å². The maximum Gasteiger partial charge on any atom is 0.328 e. The van der Waals surface area contributed by atoms with Crippen molar-refractivity contribution >= 4 is 45.0 Å². The van der Waals surface area contributed by atoms with Crippen molar-refractivity contribution in [3.8, 4) is 0 Å². The number of imidazole rings is 1. The summed E-state index contributed by atoms with van der Waals surface area (Å²) < 4.78 is 3.05. The maximum atomic E-state index is 13.5. The molecule has 0 aliphatic carbocycles. The molecule has 3 aromatic carbocycles. The summed E-state index contributed by atoms with van der Waals surface area (Å²) in [6.07, 6.45) is 0. The first kappa shape index (κ1) is 21.0. The summed E-state index contributed by atoms with van der Waals surface area (Å²) >= 11 is 0. The van der Waals surface area contributed by atoms with E-state index in [1.54, 1.807) is 49.0 Å². The summed E-state index contributed by atoms with van der Waals surface area (Å²) in [5.74, 6) is -0.743. The molecule has 0 radical (unpaired) electrons. The molecular weight excluding hydrogens is 418 g/mol. The Balaban J connectivity index is 1.61. The van der Waals surface area contributed by atoms with Crippen LogP contribution in [-0.4, -0.2) is 53.0 Å². The maximum absolute atomic E-state index is 13.5. The van der Waals surface area contributed by atoms with Crippen LogP contribution < -0.4 is 15.9 Å². The number of carbonyl (C=O) groups excluding carboxylic acids is 2. The molecule has 2 amide bonds. The van der Waals surface area contributed by atoms with E-state index in [9.17, 15) is 14.4 Å². The average Bonchev–Trinajstić information content (AvgIpc) is 3.01. The Labute approximate surface area is 190 Å². The highest BCUT2D eigenvalue weighted by atomic mass is 16.2. The zero-order valence-corrected chi connectivity index (χ0v) is 19.0. The first-order valence-electron chi connectivity index (χ1n) is 10.8. The standard InChI is InChI=1S/C25H25N5O3/c1-27(2)13-12-26-19-10-9-18-22-16(19)6-5-7-17(22)23(31)30(24(18)32)15-8-11-20-21(14-15)29(4)25(33)28(20)3/h5-11,14,26H,12-13H2,1-4H3. The minimum Gasteiger partial charge on any atom is -0.383 e. The molecule has 33 heavy (non-hydrogen) atoms. The quantitative estimate of drug-likeness (QED) is 0.480. The van der Waals surface area contributed by atoms with Gasteiger partial charge in [-0.2, -0.15) is 0 Å². The molecule has 0 unspecified atom stereocenters. The van der Waals surface area contributed by atoms with Crippen molar-refractivity contribution in [3.63, 3.8) is 0 Å². The van der Waals surface area contributed by atoms with Gasteiger partial charge in [0.25, 0.3) is 11.8 Å². The number of rotatable bonds is 5. The fraction of sp³-hybridized carbons (Fsp3) is 0.240. The van der Waals surface area contributed by atoms with Crippen LogP contribution in [0, 0.1) is 0 Å². The Morgan fingerprint density at radius 2 is 1.55 bits per heavy atom. The summed E-state index contributed by atoms with van der Waals surface area (Å²) in [4.78, 5) is 42.6. The molecule has 4 aromatic rings. The normalized spacial score (nSPS) is 13.5. The zero-order chi connectivity index (χ0) is 23.4. The molecule has 0 saturated carbocycles. The third-order valence-corrected chi connectivity index (χ3v) is 6.30. The van der Waals surface area contributed by atoms with E-state index in [0.717, 1.165) is 29.7 Å². The lowest BCUT2D eigenvalue weighted by Gasteiger charge is -2.28. The molecule has 0 fully saturated rings. The van der Waals surface area contributed by atoms with Gasteiger partial charge in [0.15, 0.2) is 0 Å². The van der Waals surface area contributed by atoms with Gasteiger partial charge >= 0.3 is 5.69 Å². The van der Waals surface area contributed by atoms with Crippen LogP contribution in [-0.2, 0) is 14.1 Å². The van der Waals surface area contributed by atoms with E-state index in [-0.39, 0.29) is 17.5 Å². The van der Waals surface area contributed by atoms with Gasteiger partial charge in [-0.05, 0) is 50.5 Å². The van der Waals surface area contributed by atoms with E-state index in [2.05, 4.69) is 10.2 Å². The Bertz CT molecular complexity index is 1490. The Morgan fingerprint density at radius 3 is 2.27 bits per heavy atom. The topological polar surface area (TPSA) is 79.6 Å². The van der Waals surface area contributed by atoms with Crippen molar-refractivity contribution in [2.75, 3.05) is 37.4 Å². The second kappa shape index (κ2) is 7.60. The first-order chi connectivity index (χ1) is 15.8. The average molecular weight is 444 g/mol. The fourth-order valence-electron chi connectivity index (χ4n) is 4.53. The van der Waals surface area contributed by atoms with Gasteiger partial charge < -0.3 is 10.2 Å². The van der Waals surface area contributed by atoms with Crippen molar-refractivity contribution in [1.82, 2.24) is 14.0 Å². The van der Waals surface area contributed by atoms with Gasteiger partial charge in [-0.3, -0.25) is 18.7 Å². The smallest absolute Gasteiger partial charge is 0.328 e. The van der Waals surface area contributed by atoms with Crippen molar-refractivity contribution < 1.29 is 9.59 Å². The second-order valence-electron chi connectivity index (χ2n) is 8.64. The number of fused-ring (bicyclic) bond motifs is 1. The summed E-state index contributed by atoms with van der Waals surface area (Å²) in [5.41, 5.74) is 3.54. The predicted octanol–water partition coefficient (Wildman–Crippen LogP) is 2.80. The highest BCUT2D eigenvalue weighted by Crippen LogP contribution is 2.36. The van der Waals surface area contributed by atoms with Gasteiger partial charge in [0.2, 0.25) is 0 Å². The first-order valence-corrected chi connectivity index (χ1v) is 10.8.